The van der Waals surface area contributed by atoms with Crippen LogP contribution in [0.2, 0.25) is 0 Å². The van der Waals surface area contributed by atoms with Crippen molar-refractivity contribution in [1.29, 1.82) is 0 Å². The second-order valence-corrected chi connectivity index (χ2v) is 15.4. The van der Waals surface area contributed by atoms with Gasteiger partial charge in [-0.1, -0.05) is 50.8 Å². The highest BCUT2D eigenvalue weighted by Gasteiger charge is 2.78. The maximum Gasteiger partial charge on any atom is 0.411 e. The molecular weight excluding hydrogens is 734 g/mol. The number of ether oxygens (including phenoxy) is 6. The summed E-state index contributed by atoms with van der Waals surface area (Å²) in [6.07, 6.45) is -8.47. The first kappa shape index (κ1) is 42.2. The van der Waals surface area contributed by atoms with E-state index in [-0.39, 0.29) is 36.3 Å². The van der Waals surface area contributed by atoms with Gasteiger partial charge in [-0.2, -0.15) is 0 Å². The van der Waals surface area contributed by atoms with Gasteiger partial charge in [0.2, 0.25) is 0 Å². The fraction of sp³-hybridized carbons (Fsp3) is 0.550. The quantitative estimate of drug-likeness (QED) is 0.152. The summed E-state index contributed by atoms with van der Waals surface area (Å²) in [5.41, 5.74) is -8.17. The lowest BCUT2D eigenvalue weighted by atomic mass is 9.44. The Labute approximate surface area is 323 Å². The Morgan fingerprint density at radius 2 is 1.71 bits per heavy atom. The van der Waals surface area contributed by atoms with Gasteiger partial charge in [0, 0.05) is 32.1 Å². The van der Waals surface area contributed by atoms with Crippen LogP contribution < -0.4 is 5.32 Å². The summed E-state index contributed by atoms with van der Waals surface area (Å²) < 4.78 is 34.6. The van der Waals surface area contributed by atoms with E-state index < -0.39 is 112 Å². The van der Waals surface area contributed by atoms with E-state index in [1.165, 1.54) is 39.8 Å². The molecule has 1 saturated heterocycles. The molecule has 5 rings (SSSR count). The van der Waals surface area contributed by atoms with Gasteiger partial charge in [-0.3, -0.25) is 19.7 Å². The minimum Gasteiger partial charge on any atom is -0.456 e. The largest absolute Gasteiger partial charge is 0.456 e. The van der Waals surface area contributed by atoms with Crippen LogP contribution in [-0.4, -0.2) is 112 Å². The van der Waals surface area contributed by atoms with Gasteiger partial charge in [0.1, 0.15) is 30.5 Å². The van der Waals surface area contributed by atoms with Crippen LogP contribution in [0, 0.1) is 16.7 Å². The predicted octanol–water partition coefficient (Wildman–Crippen LogP) is 2.38. The van der Waals surface area contributed by atoms with Gasteiger partial charge in [0.05, 0.1) is 35.3 Å². The monoisotopic (exact) mass is 783 g/mol. The van der Waals surface area contributed by atoms with E-state index >= 15 is 4.79 Å². The second-order valence-electron chi connectivity index (χ2n) is 15.4. The number of nitrogens with one attached hydrogen (secondary N) is 1. The molecule has 10 atom stereocenters. The molecule has 304 valence electrons. The lowest BCUT2D eigenvalue weighted by molar-refractivity contribution is -0.346. The number of carbonyl (C=O) groups is 6. The molecule has 1 aromatic rings. The number of hydrogen-bond donors (Lipinski definition) is 4. The number of rotatable bonds is 10. The van der Waals surface area contributed by atoms with Gasteiger partial charge in [-0.05, 0) is 44.1 Å². The molecule has 1 heterocycles. The highest BCUT2D eigenvalue weighted by molar-refractivity contribution is 5.95. The molecule has 1 aliphatic heterocycles. The van der Waals surface area contributed by atoms with Crippen LogP contribution in [0.15, 0.2) is 65.9 Å². The summed E-state index contributed by atoms with van der Waals surface area (Å²) in [7, 11) is 0. The first-order valence-electron chi connectivity index (χ1n) is 18.2. The Balaban J connectivity index is 1.71. The van der Waals surface area contributed by atoms with E-state index in [1.54, 1.807) is 37.3 Å². The van der Waals surface area contributed by atoms with Crippen molar-refractivity contribution >= 4 is 35.8 Å². The minimum absolute atomic E-state index is 0.0237. The zero-order valence-electron chi connectivity index (χ0n) is 32.4. The molecule has 2 saturated carbocycles. The molecule has 16 heteroatoms. The average Bonchev–Trinajstić information content (AvgIpc) is 3.12. The van der Waals surface area contributed by atoms with E-state index in [1.807, 2.05) is 0 Å². The van der Waals surface area contributed by atoms with Crippen LogP contribution in [0.5, 0.6) is 0 Å². The Hall–Kier alpha value is -4.90. The number of amides is 1. The van der Waals surface area contributed by atoms with E-state index in [0.717, 1.165) is 13.8 Å². The van der Waals surface area contributed by atoms with Gasteiger partial charge >= 0.3 is 30.0 Å². The van der Waals surface area contributed by atoms with E-state index in [9.17, 15) is 39.3 Å². The zero-order chi connectivity index (χ0) is 41.5. The summed E-state index contributed by atoms with van der Waals surface area (Å²) in [6.45, 7) is 13.0. The molecule has 3 aliphatic carbocycles. The van der Waals surface area contributed by atoms with Crippen molar-refractivity contribution < 1.29 is 72.5 Å². The van der Waals surface area contributed by atoms with Crippen molar-refractivity contribution in [2.75, 3.05) is 13.2 Å². The van der Waals surface area contributed by atoms with Crippen LogP contribution >= 0.6 is 0 Å². The summed E-state index contributed by atoms with van der Waals surface area (Å²) >= 11 is 0. The predicted molar refractivity (Wildman–Crippen MR) is 193 cm³/mol. The van der Waals surface area contributed by atoms with Crippen molar-refractivity contribution in [1.82, 2.24) is 5.32 Å². The number of esters is 4. The highest BCUT2D eigenvalue weighted by atomic mass is 16.6. The molecule has 4 aliphatic rings. The fourth-order valence-corrected chi connectivity index (χ4v) is 8.82. The zero-order valence-corrected chi connectivity index (χ0v) is 32.4. The topological polar surface area (TPSA) is 231 Å². The van der Waals surface area contributed by atoms with E-state index in [4.69, 9.17) is 28.4 Å². The van der Waals surface area contributed by atoms with Gasteiger partial charge in [-0.25, -0.2) is 14.4 Å². The van der Waals surface area contributed by atoms with E-state index in [2.05, 4.69) is 11.9 Å². The summed E-state index contributed by atoms with van der Waals surface area (Å²) in [5, 5.41) is 38.4. The second kappa shape index (κ2) is 15.6. The number of fused-ring (bicyclic) bond motifs is 5. The molecule has 16 nitrogen and oxygen atoms in total. The molecule has 2 bridgehead atoms. The first-order valence-corrected chi connectivity index (χ1v) is 18.2. The van der Waals surface area contributed by atoms with Crippen molar-refractivity contribution in [3.05, 3.63) is 71.5 Å². The maximum absolute atomic E-state index is 15.3. The Bertz CT molecular complexity index is 1850. The molecule has 1 unspecified atom stereocenters. The number of carbonyl (C=O) groups excluding carboxylic acids is 6. The molecule has 0 spiro atoms. The number of ketones is 1. The highest BCUT2D eigenvalue weighted by Crippen LogP contribution is 2.64. The molecule has 1 amide bonds. The lowest BCUT2D eigenvalue weighted by Crippen LogP contribution is -2.82. The van der Waals surface area contributed by atoms with Crippen LogP contribution in [0.4, 0.5) is 4.79 Å². The number of benzene rings is 1. The molecular formula is C40H49NO15. The van der Waals surface area contributed by atoms with Crippen LogP contribution in [0.3, 0.4) is 0 Å². The Morgan fingerprint density at radius 1 is 1.05 bits per heavy atom. The maximum atomic E-state index is 15.3. The van der Waals surface area contributed by atoms with Crippen LogP contribution in [-0.2, 0) is 47.6 Å². The van der Waals surface area contributed by atoms with Gasteiger partial charge in [-0.15, -0.1) is 0 Å². The molecule has 4 N–H and O–H groups in total. The summed E-state index contributed by atoms with van der Waals surface area (Å²) in [4.78, 5) is 80.8. The van der Waals surface area contributed by atoms with Crippen molar-refractivity contribution in [2.24, 2.45) is 16.7 Å². The molecule has 0 aromatic heterocycles. The fourth-order valence-electron chi connectivity index (χ4n) is 8.82. The number of Topliss-reactive ketones (excluding diaryl/α,β-unsaturated/α-hetero) is 1. The number of allylic oxidation sites excluding steroid dienone is 1. The molecule has 56 heavy (non-hydrogen) atoms. The van der Waals surface area contributed by atoms with E-state index in [0.29, 0.717) is 0 Å². The number of aliphatic hydroxyl groups excluding tert-OH is 2. The number of aliphatic hydroxyl groups is 3. The van der Waals surface area contributed by atoms with Crippen molar-refractivity contribution in [2.45, 2.75) is 109 Å². The minimum atomic E-state index is -2.39. The van der Waals surface area contributed by atoms with Crippen LogP contribution in [0.1, 0.15) is 71.7 Å². The Kier molecular flexibility index (Phi) is 11.7. The lowest BCUT2D eigenvalue weighted by Gasteiger charge is -2.67. The SMILES string of the molecule is C=C(NC(=O)OC/C=C/C)[C@@H](O)C(=O)OC1C[C@@]2(O)[C@@H](OC(=O)c3ccccc3)[C@@H]3[C@]4(OC(C)=O)CO[C@@H]4C[C@H](O)[C@@]3(C)C(=O)[C@H](OC(C)=O)C(=C1C)C2(C)C. The normalized spacial score (nSPS) is 33.6. The third-order valence-corrected chi connectivity index (χ3v) is 11.8. The third-order valence-electron chi connectivity index (χ3n) is 11.8. The number of hydrogen-bond acceptors (Lipinski definition) is 15. The average molecular weight is 784 g/mol. The standard InChI is InChI=1S/C40H49NO15/c1-9-10-16-51-36(49)41-21(3)29(45)35(48)54-25-18-40(50)33(55-34(47)24-14-12-11-13-15-24)31-38(8,26(44)17-27-39(31,19-52-27)56-23(5)43)32(46)30(53-22(4)42)28(20(25)2)37(40,6)7/h9-15,25-27,29-31,33,44-45,50H,3,16-19H2,1-2,4-8H3,(H,41,49)/b10-9+/t25?,26-,27+,29+,30+,31-,33-,38+,39-,40+/m0/s1. The van der Waals surface area contributed by atoms with Crippen molar-refractivity contribution in [3.63, 3.8) is 0 Å². The third kappa shape index (κ3) is 7.03. The number of alkyl carbamates (subject to hydrolysis) is 1. The van der Waals surface area contributed by atoms with Crippen molar-refractivity contribution in [3.8, 4) is 0 Å². The first-order chi connectivity index (χ1) is 26.2. The van der Waals surface area contributed by atoms with Crippen LogP contribution in [0.25, 0.3) is 0 Å². The molecule has 0 radical (unpaired) electrons. The summed E-state index contributed by atoms with van der Waals surface area (Å²) in [5.74, 6) is -6.39. The van der Waals surface area contributed by atoms with Gasteiger partial charge in [0.25, 0.3) is 0 Å². The molecule has 1 aromatic carbocycles. The van der Waals surface area contributed by atoms with Gasteiger partial charge in [0.15, 0.2) is 23.6 Å². The smallest absolute Gasteiger partial charge is 0.411 e. The molecule has 3 fully saturated rings. The summed E-state index contributed by atoms with van der Waals surface area (Å²) in [6, 6.07) is 7.77. The van der Waals surface area contributed by atoms with Gasteiger partial charge < -0.3 is 43.7 Å². The Morgan fingerprint density at radius 3 is 2.29 bits per heavy atom.